The first kappa shape index (κ1) is 29.2. The monoisotopic (exact) mass is 606 g/mol. The summed E-state index contributed by atoms with van der Waals surface area (Å²) in [7, 11) is -1.91. The number of piperidine rings is 1. The van der Waals surface area contributed by atoms with E-state index in [1.165, 1.54) is 18.9 Å². The van der Waals surface area contributed by atoms with Crippen LogP contribution in [0.5, 0.6) is 0 Å². The van der Waals surface area contributed by atoms with Gasteiger partial charge in [-0.2, -0.15) is 0 Å². The second kappa shape index (κ2) is 10.7. The number of ether oxygens (including phenoxy) is 1. The molecule has 4 aromatic rings. The van der Waals surface area contributed by atoms with E-state index in [4.69, 9.17) is 9.72 Å². The van der Waals surface area contributed by atoms with Gasteiger partial charge in [-0.05, 0) is 82.7 Å². The number of pyridine rings is 1. The number of fused-ring (bicyclic) bond motifs is 2. The van der Waals surface area contributed by atoms with Crippen LogP contribution in [0.4, 0.5) is 4.79 Å². The summed E-state index contributed by atoms with van der Waals surface area (Å²) in [6, 6.07) is 8.82. The number of rotatable bonds is 6. The van der Waals surface area contributed by atoms with Crippen LogP contribution >= 0.6 is 0 Å². The highest BCUT2D eigenvalue weighted by Crippen LogP contribution is 2.37. The fourth-order valence-corrected chi connectivity index (χ4v) is 6.83. The summed E-state index contributed by atoms with van der Waals surface area (Å²) in [5.74, 6) is 0.893. The maximum atomic E-state index is 13.8. The maximum absolute atomic E-state index is 13.8. The molecule has 0 unspecified atom stereocenters. The Morgan fingerprint density at radius 3 is 2.60 bits per heavy atom. The maximum Gasteiger partial charge on any atom is 0.407 e. The third-order valence-electron chi connectivity index (χ3n) is 8.03. The van der Waals surface area contributed by atoms with E-state index in [-0.39, 0.29) is 22.4 Å². The van der Waals surface area contributed by atoms with Gasteiger partial charge in [-0.1, -0.05) is 0 Å². The third-order valence-corrected chi connectivity index (χ3v) is 9.14. The number of sulfone groups is 1. The van der Waals surface area contributed by atoms with Crippen LogP contribution in [0, 0.1) is 5.92 Å². The van der Waals surface area contributed by atoms with E-state index in [0.717, 1.165) is 29.5 Å². The molecule has 43 heavy (non-hydrogen) atoms. The molecule has 1 atom stereocenters. The molecule has 0 radical (unpaired) electrons. The lowest BCUT2D eigenvalue weighted by molar-refractivity contribution is 0.0452. The van der Waals surface area contributed by atoms with Crippen LogP contribution in [0.25, 0.3) is 33.6 Å². The van der Waals surface area contributed by atoms with Crippen molar-refractivity contribution >= 4 is 43.9 Å². The van der Waals surface area contributed by atoms with Gasteiger partial charge in [-0.25, -0.2) is 23.2 Å². The van der Waals surface area contributed by atoms with Gasteiger partial charge in [0.15, 0.2) is 15.7 Å². The Morgan fingerprint density at radius 1 is 1.14 bits per heavy atom. The van der Waals surface area contributed by atoms with Crippen molar-refractivity contribution in [2.75, 3.05) is 19.3 Å². The third kappa shape index (κ3) is 5.97. The Bertz CT molecular complexity index is 1850. The summed E-state index contributed by atoms with van der Waals surface area (Å²) >= 11 is 0. The number of likely N-dealkylation sites (tertiary alicyclic amines) is 1. The van der Waals surface area contributed by atoms with Gasteiger partial charge in [-0.3, -0.25) is 4.79 Å². The van der Waals surface area contributed by atoms with Crippen molar-refractivity contribution < 1.29 is 22.7 Å². The van der Waals surface area contributed by atoms with Crippen molar-refractivity contribution in [1.29, 1.82) is 0 Å². The van der Waals surface area contributed by atoms with Gasteiger partial charge in [0.2, 0.25) is 0 Å². The number of benzene rings is 1. The normalized spacial score (nSPS) is 17.9. The quantitative estimate of drug-likeness (QED) is 0.341. The summed E-state index contributed by atoms with van der Waals surface area (Å²) in [6.07, 6.45) is 6.15. The lowest BCUT2D eigenvalue weighted by atomic mass is 10.0. The fraction of sp³-hybridized carbons (Fsp3) is 0.484. The van der Waals surface area contributed by atoms with Crippen molar-refractivity contribution in [1.82, 2.24) is 29.3 Å². The predicted molar refractivity (Wildman–Crippen MR) is 164 cm³/mol. The van der Waals surface area contributed by atoms with Crippen LogP contribution in [0.2, 0.25) is 0 Å². The predicted octanol–water partition coefficient (Wildman–Crippen LogP) is 4.53. The number of alkyl carbamates (subject to hydrolysis) is 1. The lowest BCUT2D eigenvalue weighted by Gasteiger charge is -2.33. The number of carbonyl (C=O) groups excluding carboxylic acids is 2. The first-order valence-corrected chi connectivity index (χ1v) is 16.6. The number of carbonyl (C=O) groups is 2. The number of amides is 2. The molecule has 2 fully saturated rings. The summed E-state index contributed by atoms with van der Waals surface area (Å²) in [6.45, 7) is 7.00. The summed E-state index contributed by atoms with van der Waals surface area (Å²) in [5.41, 5.74) is 2.23. The highest BCUT2D eigenvalue weighted by Gasteiger charge is 2.30. The SMILES string of the molecule is Cn1c(-c2cc3cccnc3n2CC2CC2)nc2cc(C(=O)N3CCC[C@@H](NC(=O)OC(C)(C)C)C3)cc(S(C)(=O)=O)c21. The van der Waals surface area contributed by atoms with Gasteiger partial charge in [0, 0.05) is 56.1 Å². The molecule has 1 aliphatic carbocycles. The molecule has 2 amide bonds. The van der Waals surface area contributed by atoms with Crippen LogP contribution < -0.4 is 5.32 Å². The summed E-state index contributed by atoms with van der Waals surface area (Å²) in [4.78, 5) is 37.4. The molecule has 228 valence electrons. The number of nitrogens with zero attached hydrogens (tertiary/aromatic N) is 5. The van der Waals surface area contributed by atoms with E-state index < -0.39 is 21.5 Å². The topological polar surface area (TPSA) is 128 Å². The van der Waals surface area contributed by atoms with Crippen LogP contribution in [-0.4, -0.2) is 75.4 Å². The van der Waals surface area contributed by atoms with Crippen molar-refractivity contribution in [3.8, 4) is 11.5 Å². The fourth-order valence-electron chi connectivity index (χ4n) is 5.90. The summed E-state index contributed by atoms with van der Waals surface area (Å²) < 4.78 is 35.6. The Labute approximate surface area is 251 Å². The van der Waals surface area contributed by atoms with Gasteiger partial charge >= 0.3 is 6.09 Å². The average molecular weight is 607 g/mol. The molecule has 1 aromatic carbocycles. The molecule has 6 rings (SSSR count). The van der Waals surface area contributed by atoms with E-state index in [1.54, 1.807) is 42.5 Å². The van der Waals surface area contributed by atoms with Gasteiger partial charge in [0.05, 0.1) is 21.6 Å². The minimum atomic E-state index is -3.72. The second-order valence-corrected chi connectivity index (χ2v) is 14.8. The van der Waals surface area contributed by atoms with E-state index in [2.05, 4.69) is 14.9 Å². The number of aryl methyl sites for hydroxylation is 1. The van der Waals surface area contributed by atoms with E-state index in [1.807, 2.05) is 25.2 Å². The van der Waals surface area contributed by atoms with Crippen molar-refractivity contribution in [2.45, 2.75) is 69.5 Å². The Balaban J connectivity index is 1.37. The van der Waals surface area contributed by atoms with Crippen molar-refractivity contribution in [3.05, 3.63) is 42.1 Å². The van der Waals surface area contributed by atoms with E-state index >= 15 is 0 Å². The van der Waals surface area contributed by atoms with Gasteiger partial charge in [0.1, 0.15) is 11.2 Å². The number of imidazole rings is 1. The molecule has 3 aromatic heterocycles. The average Bonchev–Trinajstić information content (AvgIpc) is 3.60. The molecule has 4 heterocycles. The van der Waals surface area contributed by atoms with Crippen molar-refractivity contribution in [3.63, 3.8) is 0 Å². The molecule has 11 nitrogen and oxygen atoms in total. The molecule has 1 saturated heterocycles. The summed E-state index contributed by atoms with van der Waals surface area (Å²) in [5, 5.41) is 3.86. The number of hydrogen-bond acceptors (Lipinski definition) is 7. The molecular weight excluding hydrogens is 568 g/mol. The molecule has 1 N–H and O–H groups in total. The number of aromatic nitrogens is 4. The molecule has 0 bridgehead atoms. The van der Waals surface area contributed by atoms with Crippen LogP contribution in [0.3, 0.4) is 0 Å². The Kier molecular flexibility index (Phi) is 7.22. The largest absolute Gasteiger partial charge is 0.444 e. The zero-order valence-corrected chi connectivity index (χ0v) is 26.1. The zero-order chi connectivity index (χ0) is 30.7. The van der Waals surface area contributed by atoms with Crippen LogP contribution in [0.15, 0.2) is 41.4 Å². The molecule has 0 spiro atoms. The molecule has 1 aliphatic heterocycles. The van der Waals surface area contributed by atoms with Crippen molar-refractivity contribution in [2.24, 2.45) is 13.0 Å². The second-order valence-electron chi connectivity index (χ2n) is 12.8. The Hall–Kier alpha value is -3.93. The molecule has 2 aliphatic rings. The zero-order valence-electron chi connectivity index (χ0n) is 25.3. The minimum absolute atomic E-state index is 0.0537. The van der Waals surface area contributed by atoms with E-state index in [9.17, 15) is 18.0 Å². The first-order chi connectivity index (χ1) is 20.3. The standard InChI is InChI=1S/C31H38N6O5S/c1-31(2,3)42-30(39)33-22-9-7-13-36(18-22)29(38)21-14-23-26(25(16-21)43(5,40)41)35(4)28(34-23)24-15-20-8-6-12-32-27(20)37(24)17-19-10-11-19/h6,8,12,14-16,19,22H,7,9-11,13,17-18H2,1-5H3,(H,33,39)/t22-/m1/s1. The van der Waals surface area contributed by atoms with Crippen LogP contribution in [-0.2, 0) is 28.2 Å². The smallest absolute Gasteiger partial charge is 0.407 e. The Morgan fingerprint density at radius 2 is 1.91 bits per heavy atom. The highest BCUT2D eigenvalue weighted by molar-refractivity contribution is 7.91. The molecule has 1 saturated carbocycles. The van der Waals surface area contributed by atoms with Gasteiger partial charge in [-0.15, -0.1) is 0 Å². The van der Waals surface area contributed by atoms with Gasteiger partial charge < -0.3 is 24.1 Å². The number of hydrogen-bond donors (Lipinski definition) is 1. The van der Waals surface area contributed by atoms with E-state index in [0.29, 0.717) is 48.7 Å². The van der Waals surface area contributed by atoms with Crippen LogP contribution in [0.1, 0.15) is 56.8 Å². The van der Waals surface area contributed by atoms with Gasteiger partial charge in [0.25, 0.3) is 5.91 Å². The lowest BCUT2D eigenvalue weighted by Crippen LogP contribution is -2.50. The highest BCUT2D eigenvalue weighted by atomic mass is 32.2. The number of nitrogens with one attached hydrogen (secondary N) is 1. The molecule has 12 heteroatoms. The first-order valence-electron chi connectivity index (χ1n) is 14.7. The minimum Gasteiger partial charge on any atom is -0.444 e. The molecular formula is C31H38N6O5S.